The van der Waals surface area contributed by atoms with E-state index in [-0.39, 0.29) is 0 Å². The first-order valence-electron chi connectivity index (χ1n) is 4.80. The highest BCUT2D eigenvalue weighted by molar-refractivity contribution is 9.11. The van der Waals surface area contributed by atoms with Crippen LogP contribution in [0, 0.1) is 0 Å². The summed E-state index contributed by atoms with van der Waals surface area (Å²) in [7, 11) is 0.920. The quantitative estimate of drug-likeness (QED) is 0.325. The zero-order valence-electron chi connectivity index (χ0n) is 9.48. The largest absolute Gasteiger partial charge is 0.381 e. The second kappa shape index (κ2) is 7.31. The van der Waals surface area contributed by atoms with Crippen LogP contribution < -0.4 is 10.6 Å². The van der Waals surface area contributed by atoms with Gasteiger partial charge in [0.25, 0.3) is 0 Å². The Labute approximate surface area is 96.4 Å². The summed E-state index contributed by atoms with van der Waals surface area (Å²) < 4.78 is 6.36. The fourth-order valence-electron chi connectivity index (χ4n) is 0.713. The number of ether oxygens (including phenoxy) is 1. The van der Waals surface area contributed by atoms with Gasteiger partial charge in [0.2, 0.25) is 0 Å². The summed E-state index contributed by atoms with van der Waals surface area (Å²) in [6.07, 6.45) is 1.84. The molecule has 5 heteroatoms. The standard InChI is InChI=1S/C9H21BrN2OSi/c1-11-9(10)7-12-8-13-5-6-14(2,3)4/h7,11-12H,5-6,8H2,1-4H3/b9-7-. The molecule has 0 atom stereocenters. The normalized spacial score (nSPS) is 12.8. The molecule has 84 valence electrons. The highest BCUT2D eigenvalue weighted by Gasteiger charge is 2.11. The van der Waals surface area contributed by atoms with E-state index in [0.29, 0.717) is 6.73 Å². The Hall–Kier alpha value is -0.00312. The summed E-state index contributed by atoms with van der Waals surface area (Å²) in [5.74, 6) is 0. The fraction of sp³-hybridized carbons (Fsp3) is 0.778. The van der Waals surface area contributed by atoms with Gasteiger partial charge in [-0.2, -0.15) is 0 Å². The lowest BCUT2D eigenvalue weighted by atomic mass is 10.8. The van der Waals surface area contributed by atoms with Gasteiger partial charge in [0.05, 0.1) is 4.61 Å². The van der Waals surface area contributed by atoms with E-state index in [0.717, 1.165) is 11.2 Å². The highest BCUT2D eigenvalue weighted by Crippen LogP contribution is 2.07. The van der Waals surface area contributed by atoms with E-state index in [9.17, 15) is 0 Å². The second-order valence-electron chi connectivity index (χ2n) is 4.31. The van der Waals surface area contributed by atoms with Crippen LogP contribution in [0.25, 0.3) is 0 Å². The van der Waals surface area contributed by atoms with Gasteiger partial charge in [0.15, 0.2) is 0 Å². The van der Waals surface area contributed by atoms with Crippen molar-refractivity contribution in [2.24, 2.45) is 0 Å². The van der Waals surface area contributed by atoms with Crippen LogP contribution in [0.15, 0.2) is 10.8 Å². The van der Waals surface area contributed by atoms with Gasteiger partial charge in [0.1, 0.15) is 6.73 Å². The first kappa shape index (κ1) is 14.0. The maximum atomic E-state index is 5.43. The SMILES string of the molecule is CN/C(Br)=C\NCOCC[Si](C)(C)C. The van der Waals surface area contributed by atoms with Gasteiger partial charge >= 0.3 is 0 Å². The third-order valence-corrected chi connectivity index (χ3v) is 3.98. The molecule has 0 aliphatic rings. The van der Waals surface area contributed by atoms with Crippen LogP contribution in [0.5, 0.6) is 0 Å². The molecule has 0 saturated carbocycles. The van der Waals surface area contributed by atoms with E-state index in [1.54, 1.807) is 0 Å². The average molecular weight is 281 g/mol. The summed E-state index contributed by atoms with van der Waals surface area (Å²) in [6.45, 7) is 8.47. The Bertz CT molecular complexity index is 180. The van der Waals surface area contributed by atoms with E-state index in [1.165, 1.54) is 6.04 Å². The molecule has 2 N–H and O–H groups in total. The molecule has 0 radical (unpaired) electrons. The van der Waals surface area contributed by atoms with E-state index < -0.39 is 8.07 Å². The number of halogens is 1. The summed E-state index contributed by atoms with van der Waals surface area (Å²) in [6, 6.07) is 1.21. The van der Waals surface area contributed by atoms with Crippen LogP contribution in [-0.4, -0.2) is 28.5 Å². The van der Waals surface area contributed by atoms with Crippen LogP contribution in [0.3, 0.4) is 0 Å². The van der Waals surface area contributed by atoms with Gasteiger partial charge in [-0.05, 0) is 22.0 Å². The average Bonchev–Trinajstić information content (AvgIpc) is 2.08. The van der Waals surface area contributed by atoms with Gasteiger partial charge in [-0.3, -0.25) is 0 Å². The number of hydrogen-bond acceptors (Lipinski definition) is 3. The molecular formula is C9H21BrN2OSi. The van der Waals surface area contributed by atoms with Crippen LogP contribution in [0.1, 0.15) is 0 Å². The topological polar surface area (TPSA) is 33.3 Å². The van der Waals surface area contributed by atoms with Crippen molar-refractivity contribution in [3.63, 3.8) is 0 Å². The predicted octanol–water partition coefficient (Wildman–Crippen LogP) is 2.30. The molecule has 0 aromatic heterocycles. The molecule has 3 nitrogen and oxygen atoms in total. The van der Waals surface area contributed by atoms with Crippen molar-refractivity contribution >= 4 is 24.0 Å². The lowest BCUT2D eigenvalue weighted by Gasteiger charge is -2.15. The summed E-state index contributed by atoms with van der Waals surface area (Å²) >= 11 is 3.32. The third kappa shape index (κ3) is 10.1. The van der Waals surface area contributed by atoms with Crippen LogP contribution in [-0.2, 0) is 4.74 Å². The summed E-state index contributed by atoms with van der Waals surface area (Å²) in [5.41, 5.74) is 0. The third-order valence-electron chi connectivity index (χ3n) is 1.65. The Morgan fingerprint density at radius 1 is 1.43 bits per heavy atom. The van der Waals surface area contributed by atoms with E-state index in [2.05, 4.69) is 46.2 Å². The van der Waals surface area contributed by atoms with E-state index in [4.69, 9.17) is 4.74 Å². The van der Waals surface area contributed by atoms with Crippen molar-refractivity contribution in [1.82, 2.24) is 10.6 Å². The van der Waals surface area contributed by atoms with Crippen molar-refractivity contribution in [2.75, 3.05) is 20.4 Å². The molecule has 0 rings (SSSR count). The van der Waals surface area contributed by atoms with Gasteiger partial charge in [0, 0.05) is 27.9 Å². The molecule has 0 amide bonds. The molecule has 0 fully saturated rings. The molecule has 14 heavy (non-hydrogen) atoms. The molecule has 0 spiro atoms. The Morgan fingerprint density at radius 2 is 2.07 bits per heavy atom. The van der Waals surface area contributed by atoms with Crippen molar-refractivity contribution in [3.8, 4) is 0 Å². The monoisotopic (exact) mass is 280 g/mol. The minimum atomic E-state index is -0.936. The van der Waals surface area contributed by atoms with Gasteiger partial charge < -0.3 is 15.4 Å². The summed E-state index contributed by atoms with van der Waals surface area (Å²) in [4.78, 5) is 0. The number of hydrogen-bond donors (Lipinski definition) is 2. The maximum absolute atomic E-state index is 5.43. The Balaban J connectivity index is 3.31. The minimum Gasteiger partial charge on any atom is -0.381 e. The Kier molecular flexibility index (Phi) is 7.31. The molecule has 0 saturated heterocycles. The van der Waals surface area contributed by atoms with Crippen LogP contribution >= 0.6 is 15.9 Å². The molecule has 0 heterocycles. The Morgan fingerprint density at radius 3 is 2.57 bits per heavy atom. The van der Waals surface area contributed by atoms with Crippen molar-refractivity contribution < 1.29 is 4.74 Å². The van der Waals surface area contributed by atoms with Crippen molar-refractivity contribution in [3.05, 3.63) is 10.8 Å². The van der Waals surface area contributed by atoms with Crippen molar-refractivity contribution in [1.29, 1.82) is 0 Å². The molecular weight excluding hydrogens is 260 g/mol. The number of nitrogens with one attached hydrogen (secondary N) is 2. The molecule has 0 aromatic rings. The molecule has 0 aliphatic heterocycles. The lowest BCUT2D eigenvalue weighted by molar-refractivity contribution is 0.137. The van der Waals surface area contributed by atoms with Crippen molar-refractivity contribution in [2.45, 2.75) is 25.7 Å². The zero-order chi connectivity index (χ0) is 11.0. The predicted molar refractivity (Wildman–Crippen MR) is 68.2 cm³/mol. The molecule has 0 aliphatic carbocycles. The summed E-state index contributed by atoms with van der Waals surface area (Å²) in [5, 5.41) is 5.99. The van der Waals surface area contributed by atoms with E-state index >= 15 is 0 Å². The highest BCUT2D eigenvalue weighted by atomic mass is 79.9. The molecule has 0 bridgehead atoms. The molecule has 0 aromatic carbocycles. The maximum Gasteiger partial charge on any atom is 0.116 e. The molecule has 0 unspecified atom stereocenters. The first-order valence-corrected chi connectivity index (χ1v) is 9.30. The fourth-order valence-corrected chi connectivity index (χ4v) is 1.63. The van der Waals surface area contributed by atoms with E-state index in [1.807, 2.05) is 13.2 Å². The lowest BCUT2D eigenvalue weighted by Crippen LogP contribution is -2.23. The van der Waals surface area contributed by atoms with Gasteiger partial charge in [-0.15, -0.1) is 0 Å². The smallest absolute Gasteiger partial charge is 0.116 e. The second-order valence-corrected chi connectivity index (χ2v) is 10.8. The minimum absolute atomic E-state index is 0.571. The first-order chi connectivity index (χ1) is 6.45. The number of rotatable bonds is 7. The zero-order valence-corrected chi connectivity index (χ0v) is 12.1. The van der Waals surface area contributed by atoms with Gasteiger partial charge in [-0.25, -0.2) is 0 Å². The van der Waals surface area contributed by atoms with Crippen LogP contribution in [0.4, 0.5) is 0 Å². The van der Waals surface area contributed by atoms with Crippen LogP contribution in [0.2, 0.25) is 25.7 Å². The van der Waals surface area contributed by atoms with Gasteiger partial charge in [-0.1, -0.05) is 19.6 Å².